The maximum Gasteiger partial charge on any atom is 0.239 e. The van der Waals surface area contributed by atoms with Gasteiger partial charge in [-0.15, -0.1) is 11.3 Å². The van der Waals surface area contributed by atoms with Crippen molar-refractivity contribution >= 4 is 39.2 Å². The van der Waals surface area contributed by atoms with Gasteiger partial charge < -0.3 is 15.5 Å². The minimum atomic E-state index is -0.0415. The first kappa shape index (κ1) is 15.5. The third-order valence-electron chi connectivity index (χ3n) is 3.13. The van der Waals surface area contributed by atoms with Gasteiger partial charge in [-0.2, -0.15) is 4.98 Å². The molecule has 0 atom stereocenters. The number of thiophene rings is 1. The summed E-state index contributed by atoms with van der Waals surface area (Å²) in [5.74, 6) is 1.35. The first-order valence-electron chi connectivity index (χ1n) is 7.05. The van der Waals surface area contributed by atoms with Crippen molar-refractivity contribution in [2.24, 2.45) is 0 Å². The number of nitrogens with zero attached hydrogens (tertiary/aromatic N) is 3. The molecule has 0 saturated heterocycles. The van der Waals surface area contributed by atoms with E-state index in [9.17, 15) is 4.79 Å². The van der Waals surface area contributed by atoms with Gasteiger partial charge >= 0.3 is 0 Å². The summed E-state index contributed by atoms with van der Waals surface area (Å²) in [4.78, 5) is 24.8. The molecule has 7 heteroatoms. The summed E-state index contributed by atoms with van der Waals surface area (Å²) < 4.78 is 0. The number of anilines is 2. The maximum absolute atomic E-state index is 11.6. The monoisotopic (exact) mass is 307 g/mol. The lowest BCUT2D eigenvalue weighted by atomic mass is 10.3. The van der Waals surface area contributed by atoms with Crippen LogP contribution in [0.5, 0.6) is 0 Å². The van der Waals surface area contributed by atoms with E-state index in [0.29, 0.717) is 5.95 Å². The van der Waals surface area contributed by atoms with Gasteiger partial charge in [-0.1, -0.05) is 6.92 Å². The summed E-state index contributed by atoms with van der Waals surface area (Å²) in [6.07, 6.45) is 0.968. The first-order valence-corrected chi connectivity index (χ1v) is 7.86. The largest absolute Gasteiger partial charge is 0.358 e. The average molecular weight is 307 g/mol. The van der Waals surface area contributed by atoms with Crippen LogP contribution in [0.15, 0.2) is 6.07 Å². The number of nitrogens with one attached hydrogen (secondary N) is 2. The fourth-order valence-corrected chi connectivity index (χ4v) is 2.99. The lowest BCUT2D eigenvalue weighted by Gasteiger charge is -2.18. The minimum Gasteiger partial charge on any atom is -0.358 e. The van der Waals surface area contributed by atoms with E-state index in [2.05, 4.69) is 33.6 Å². The molecule has 2 N–H and O–H groups in total. The van der Waals surface area contributed by atoms with Crippen LogP contribution in [0.25, 0.3) is 10.2 Å². The summed E-state index contributed by atoms with van der Waals surface area (Å²) >= 11 is 1.68. The van der Waals surface area contributed by atoms with Gasteiger partial charge in [0.25, 0.3) is 0 Å². The number of carbonyl (C=O) groups is 1. The Morgan fingerprint density at radius 3 is 2.76 bits per heavy atom. The molecule has 0 aliphatic heterocycles. The lowest BCUT2D eigenvalue weighted by Crippen LogP contribution is -2.33. The van der Waals surface area contributed by atoms with E-state index in [4.69, 9.17) is 0 Å². The highest BCUT2D eigenvalue weighted by molar-refractivity contribution is 7.18. The number of rotatable bonds is 6. The van der Waals surface area contributed by atoms with Crippen molar-refractivity contribution in [1.82, 2.24) is 15.3 Å². The van der Waals surface area contributed by atoms with Crippen LogP contribution in [-0.4, -0.2) is 43.1 Å². The quantitative estimate of drug-likeness (QED) is 0.852. The van der Waals surface area contributed by atoms with Gasteiger partial charge in [-0.3, -0.25) is 4.79 Å². The highest BCUT2D eigenvalue weighted by Crippen LogP contribution is 2.31. The number of fused-ring (bicyclic) bond motifs is 1. The van der Waals surface area contributed by atoms with Crippen LogP contribution in [0.2, 0.25) is 0 Å². The Kier molecular flexibility index (Phi) is 4.95. The Morgan fingerprint density at radius 2 is 2.14 bits per heavy atom. The fraction of sp³-hybridized carbons (Fsp3) is 0.500. The van der Waals surface area contributed by atoms with E-state index < -0.39 is 0 Å². The molecule has 1 amide bonds. The minimum absolute atomic E-state index is 0.0415. The second kappa shape index (κ2) is 6.71. The number of aromatic nitrogens is 2. The summed E-state index contributed by atoms with van der Waals surface area (Å²) in [6.45, 7) is 5.16. The Labute approximate surface area is 128 Å². The molecule has 0 aliphatic carbocycles. The van der Waals surface area contributed by atoms with Crippen molar-refractivity contribution < 1.29 is 4.79 Å². The standard InChI is InChI=1S/C14H21N5OS/c1-5-9-7-10-12(19(4)8-11(20)15-3)17-14(16-6-2)18-13(10)21-9/h7H,5-6,8H2,1-4H3,(H,15,20)(H,16,17,18). The highest BCUT2D eigenvalue weighted by atomic mass is 32.1. The molecule has 0 aromatic carbocycles. The SMILES string of the molecule is CCNc1nc(N(C)CC(=O)NC)c2cc(CC)sc2n1. The van der Waals surface area contributed by atoms with Crippen molar-refractivity contribution in [2.45, 2.75) is 20.3 Å². The van der Waals surface area contributed by atoms with E-state index in [1.807, 2.05) is 18.9 Å². The molecule has 6 nitrogen and oxygen atoms in total. The Hall–Kier alpha value is -1.89. The topological polar surface area (TPSA) is 70.2 Å². The zero-order valence-electron chi connectivity index (χ0n) is 12.9. The van der Waals surface area contributed by atoms with Crippen LogP contribution in [0.4, 0.5) is 11.8 Å². The molecule has 2 aromatic rings. The molecular weight excluding hydrogens is 286 g/mol. The number of amides is 1. The van der Waals surface area contributed by atoms with Crippen molar-refractivity contribution in [1.29, 1.82) is 0 Å². The summed E-state index contributed by atoms with van der Waals surface area (Å²) in [5, 5.41) is 6.78. The second-order valence-corrected chi connectivity index (χ2v) is 5.83. The summed E-state index contributed by atoms with van der Waals surface area (Å²) in [7, 11) is 3.51. The molecule has 0 bridgehead atoms. The molecule has 114 valence electrons. The number of carbonyl (C=O) groups excluding carboxylic acids is 1. The average Bonchev–Trinajstić information content (AvgIpc) is 2.89. The number of likely N-dealkylation sites (N-methyl/N-ethyl adjacent to an activating group) is 2. The van der Waals surface area contributed by atoms with Gasteiger partial charge in [-0.05, 0) is 19.4 Å². The molecule has 0 spiro atoms. The van der Waals surface area contributed by atoms with Crippen LogP contribution in [0.3, 0.4) is 0 Å². The molecule has 2 rings (SSSR count). The van der Waals surface area contributed by atoms with Crippen molar-refractivity contribution in [3.05, 3.63) is 10.9 Å². The molecule has 0 fully saturated rings. The second-order valence-electron chi connectivity index (χ2n) is 4.72. The Balaban J connectivity index is 2.47. The van der Waals surface area contributed by atoms with Gasteiger partial charge in [0.1, 0.15) is 10.6 Å². The number of hydrogen-bond donors (Lipinski definition) is 2. The van der Waals surface area contributed by atoms with E-state index in [-0.39, 0.29) is 12.5 Å². The van der Waals surface area contributed by atoms with Gasteiger partial charge in [-0.25, -0.2) is 4.98 Å². The molecule has 0 radical (unpaired) electrons. The smallest absolute Gasteiger partial charge is 0.239 e. The predicted molar refractivity (Wildman–Crippen MR) is 88.3 cm³/mol. The summed E-state index contributed by atoms with van der Waals surface area (Å²) in [5.41, 5.74) is 0. The molecule has 0 unspecified atom stereocenters. The van der Waals surface area contributed by atoms with E-state index in [1.165, 1.54) is 4.88 Å². The fourth-order valence-electron chi connectivity index (χ4n) is 2.03. The van der Waals surface area contributed by atoms with E-state index in [0.717, 1.165) is 29.0 Å². The molecular formula is C14H21N5OS. The highest BCUT2D eigenvalue weighted by Gasteiger charge is 2.16. The van der Waals surface area contributed by atoms with E-state index in [1.54, 1.807) is 18.4 Å². The lowest BCUT2D eigenvalue weighted by molar-refractivity contribution is -0.119. The molecule has 0 saturated carbocycles. The maximum atomic E-state index is 11.6. The van der Waals surface area contributed by atoms with Crippen molar-refractivity contribution in [2.75, 3.05) is 37.4 Å². The third-order valence-corrected chi connectivity index (χ3v) is 4.30. The Morgan fingerprint density at radius 1 is 1.38 bits per heavy atom. The molecule has 2 aromatic heterocycles. The Bertz CT molecular complexity index is 640. The normalized spacial score (nSPS) is 10.7. The van der Waals surface area contributed by atoms with Crippen LogP contribution >= 0.6 is 11.3 Å². The van der Waals surface area contributed by atoms with Gasteiger partial charge in [0.15, 0.2) is 0 Å². The van der Waals surface area contributed by atoms with Crippen LogP contribution in [-0.2, 0) is 11.2 Å². The summed E-state index contributed by atoms with van der Waals surface area (Å²) in [6, 6.07) is 2.12. The van der Waals surface area contributed by atoms with Crippen LogP contribution < -0.4 is 15.5 Å². The van der Waals surface area contributed by atoms with E-state index >= 15 is 0 Å². The number of aryl methyl sites for hydroxylation is 1. The van der Waals surface area contributed by atoms with Gasteiger partial charge in [0.2, 0.25) is 11.9 Å². The predicted octanol–water partition coefficient (Wildman–Crippen LogP) is 1.87. The zero-order chi connectivity index (χ0) is 15.4. The number of hydrogen-bond acceptors (Lipinski definition) is 6. The van der Waals surface area contributed by atoms with Crippen LogP contribution in [0, 0.1) is 0 Å². The van der Waals surface area contributed by atoms with Crippen molar-refractivity contribution in [3.8, 4) is 0 Å². The molecule has 0 aliphatic rings. The molecule has 21 heavy (non-hydrogen) atoms. The van der Waals surface area contributed by atoms with Gasteiger partial charge in [0.05, 0.1) is 11.9 Å². The van der Waals surface area contributed by atoms with Gasteiger partial charge in [0, 0.05) is 25.5 Å². The van der Waals surface area contributed by atoms with Crippen molar-refractivity contribution in [3.63, 3.8) is 0 Å². The molecule has 2 heterocycles. The van der Waals surface area contributed by atoms with Crippen LogP contribution in [0.1, 0.15) is 18.7 Å². The zero-order valence-corrected chi connectivity index (χ0v) is 13.7. The first-order chi connectivity index (χ1) is 10.1. The third kappa shape index (κ3) is 3.41.